The Balaban J connectivity index is -0.000000192. The van der Waals surface area contributed by atoms with E-state index in [9.17, 15) is 28.8 Å². The van der Waals surface area contributed by atoms with Crippen molar-refractivity contribution in [3.05, 3.63) is 0 Å². The summed E-state index contributed by atoms with van der Waals surface area (Å²) < 4.78 is 0. The molecular formula is C12H21CaNO14. The van der Waals surface area contributed by atoms with Crippen molar-refractivity contribution >= 4 is 73.6 Å². The van der Waals surface area contributed by atoms with Gasteiger partial charge in [-0.1, -0.05) is 0 Å². The zero-order valence-electron chi connectivity index (χ0n) is 13.6. The first kappa shape index (κ1) is 33.5. The molecular weight excluding hydrogens is 422 g/mol. The van der Waals surface area contributed by atoms with Crippen molar-refractivity contribution in [1.29, 1.82) is 0 Å². The molecule has 0 rings (SSSR count). The summed E-state index contributed by atoms with van der Waals surface area (Å²) >= 11 is 0. The van der Waals surface area contributed by atoms with E-state index in [0.29, 0.717) is 0 Å². The molecule has 0 aliphatic carbocycles. The quantitative estimate of drug-likeness (QED) is 0.150. The van der Waals surface area contributed by atoms with Crippen LogP contribution >= 0.6 is 0 Å². The normalized spacial score (nSPS) is 10.1. The summed E-state index contributed by atoms with van der Waals surface area (Å²) in [7, 11) is 0. The van der Waals surface area contributed by atoms with Crippen LogP contribution in [0.1, 0.15) is 25.7 Å². The van der Waals surface area contributed by atoms with E-state index in [-0.39, 0.29) is 43.9 Å². The molecule has 16 heteroatoms. The van der Waals surface area contributed by atoms with Gasteiger partial charge in [-0.25, -0.2) is 9.59 Å². The second kappa shape index (κ2) is 14.0. The number of carboxylic acid groups (broad SMARTS) is 6. The van der Waals surface area contributed by atoms with Crippen LogP contribution in [0.5, 0.6) is 0 Å². The van der Waals surface area contributed by atoms with Crippen molar-refractivity contribution in [2.45, 2.75) is 36.9 Å². The Morgan fingerprint density at radius 2 is 0.643 bits per heavy atom. The molecule has 0 aromatic heterocycles. The van der Waals surface area contributed by atoms with Crippen LogP contribution in [0.15, 0.2) is 0 Å². The van der Waals surface area contributed by atoms with Crippen LogP contribution in [0, 0.1) is 0 Å². The van der Waals surface area contributed by atoms with Gasteiger partial charge in [0, 0.05) is 0 Å². The number of carbonyl (C=O) groups is 6. The van der Waals surface area contributed by atoms with Gasteiger partial charge in [0.25, 0.3) is 0 Å². The molecule has 0 aromatic rings. The van der Waals surface area contributed by atoms with E-state index >= 15 is 0 Å². The summed E-state index contributed by atoms with van der Waals surface area (Å²) in [5, 5.41) is 67.6. The van der Waals surface area contributed by atoms with Crippen LogP contribution in [0.3, 0.4) is 0 Å². The third-order valence-corrected chi connectivity index (χ3v) is 2.57. The average molecular weight is 443 g/mol. The molecule has 0 aliphatic heterocycles. The molecule has 0 unspecified atom stereocenters. The number of aliphatic carboxylic acids is 6. The van der Waals surface area contributed by atoms with Gasteiger partial charge in [-0.15, -0.1) is 0 Å². The Hall–Kier alpha value is -2.04. The Morgan fingerprint density at radius 1 is 0.500 bits per heavy atom. The van der Waals surface area contributed by atoms with Crippen molar-refractivity contribution in [1.82, 2.24) is 6.15 Å². The van der Waals surface area contributed by atoms with Gasteiger partial charge in [0.1, 0.15) is 0 Å². The molecule has 0 aromatic carbocycles. The summed E-state index contributed by atoms with van der Waals surface area (Å²) in [6, 6.07) is 0. The Morgan fingerprint density at radius 3 is 0.714 bits per heavy atom. The molecule has 0 heterocycles. The van der Waals surface area contributed by atoms with Crippen molar-refractivity contribution in [3.8, 4) is 0 Å². The van der Waals surface area contributed by atoms with E-state index in [4.69, 9.17) is 40.9 Å². The second-order valence-corrected chi connectivity index (χ2v) is 4.96. The van der Waals surface area contributed by atoms with E-state index in [2.05, 4.69) is 0 Å². The fourth-order valence-corrected chi connectivity index (χ4v) is 1.43. The van der Waals surface area contributed by atoms with Crippen molar-refractivity contribution < 1.29 is 69.6 Å². The van der Waals surface area contributed by atoms with Gasteiger partial charge in [0.05, 0.1) is 25.7 Å². The fraction of sp³-hybridized carbons (Fsp3) is 0.500. The Bertz CT molecular complexity index is 519. The van der Waals surface area contributed by atoms with Crippen molar-refractivity contribution in [3.63, 3.8) is 0 Å². The number of rotatable bonds is 10. The standard InChI is InChI=1S/2C6H8O7.Ca.H3N.2H/c2*7-3(8)1-6(13,5(11)12)2-4(9)10;;;;/h2*13H,1-2H2,(H,7,8)(H,9,10)(H,11,12);;1H3;;. The van der Waals surface area contributed by atoms with Gasteiger partial charge >= 0.3 is 73.6 Å². The molecule has 0 saturated carbocycles. The second-order valence-electron chi connectivity index (χ2n) is 4.96. The first-order valence-corrected chi connectivity index (χ1v) is 6.34. The molecule has 160 valence electrons. The molecule has 0 bridgehead atoms. The van der Waals surface area contributed by atoms with E-state index in [1.165, 1.54) is 0 Å². The molecule has 0 fully saturated rings. The first-order valence-electron chi connectivity index (χ1n) is 6.34. The zero-order valence-corrected chi connectivity index (χ0v) is 13.6. The summed E-state index contributed by atoms with van der Waals surface area (Å²) in [6.45, 7) is 0. The summed E-state index contributed by atoms with van der Waals surface area (Å²) in [4.78, 5) is 61.0. The minimum absolute atomic E-state index is 0. The first-order chi connectivity index (χ1) is 11.6. The zero-order chi connectivity index (χ0) is 21.3. The van der Waals surface area contributed by atoms with Gasteiger partial charge in [0.15, 0.2) is 11.2 Å². The van der Waals surface area contributed by atoms with Crippen LogP contribution in [-0.4, -0.2) is 126 Å². The summed E-state index contributed by atoms with van der Waals surface area (Å²) in [6.07, 6.45) is -4.58. The van der Waals surface area contributed by atoms with Crippen LogP contribution < -0.4 is 6.15 Å². The van der Waals surface area contributed by atoms with Crippen LogP contribution in [0.25, 0.3) is 0 Å². The maximum absolute atomic E-state index is 10.3. The Labute approximate surface area is 185 Å². The van der Waals surface area contributed by atoms with Gasteiger partial charge in [-0.2, -0.15) is 0 Å². The molecule has 0 saturated heterocycles. The monoisotopic (exact) mass is 443 g/mol. The van der Waals surface area contributed by atoms with Gasteiger partial charge in [0.2, 0.25) is 0 Å². The maximum atomic E-state index is 10.3. The summed E-state index contributed by atoms with van der Waals surface area (Å²) in [5.41, 5.74) is -5.48. The Kier molecular flexibility index (Phi) is 16.8. The summed E-state index contributed by atoms with van der Waals surface area (Å²) in [5.74, 6) is -10.0. The SMILES string of the molecule is N.O=C(O)CC(O)(CC(=O)O)C(=O)O.O=C(O)CC(O)(CC(=O)O)C(=O)O.[CaH2]. The number of hydrogen-bond acceptors (Lipinski definition) is 9. The van der Waals surface area contributed by atoms with Crippen LogP contribution in [0.4, 0.5) is 0 Å². The van der Waals surface area contributed by atoms with Gasteiger partial charge in [-0.3, -0.25) is 19.2 Å². The molecule has 0 spiro atoms. The van der Waals surface area contributed by atoms with E-state index < -0.39 is 72.7 Å². The number of hydrogen-bond donors (Lipinski definition) is 9. The van der Waals surface area contributed by atoms with Gasteiger partial charge < -0.3 is 47.0 Å². The molecule has 28 heavy (non-hydrogen) atoms. The molecule has 11 N–H and O–H groups in total. The minimum atomic E-state index is -2.74. The predicted octanol–water partition coefficient (Wildman–Crippen LogP) is -3.25. The molecule has 0 aliphatic rings. The third kappa shape index (κ3) is 14.1. The van der Waals surface area contributed by atoms with Crippen LogP contribution in [0.2, 0.25) is 0 Å². The van der Waals surface area contributed by atoms with E-state index in [1.807, 2.05) is 0 Å². The molecule has 0 atom stereocenters. The number of carboxylic acids is 6. The van der Waals surface area contributed by atoms with Crippen molar-refractivity contribution in [2.24, 2.45) is 0 Å². The molecule has 0 radical (unpaired) electrons. The van der Waals surface area contributed by atoms with Crippen molar-refractivity contribution in [2.75, 3.05) is 0 Å². The molecule has 15 nitrogen and oxygen atoms in total. The van der Waals surface area contributed by atoms with E-state index in [0.717, 1.165) is 0 Å². The third-order valence-electron chi connectivity index (χ3n) is 2.57. The van der Waals surface area contributed by atoms with Crippen LogP contribution in [-0.2, 0) is 28.8 Å². The van der Waals surface area contributed by atoms with E-state index in [1.54, 1.807) is 0 Å². The fourth-order valence-electron chi connectivity index (χ4n) is 1.43. The number of aliphatic hydroxyl groups is 2. The topological polar surface area (TPSA) is 299 Å². The molecule has 0 amide bonds. The average Bonchev–Trinajstić information content (AvgIpc) is 2.34. The van der Waals surface area contributed by atoms with Gasteiger partial charge in [-0.05, 0) is 0 Å². The predicted molar refractivity (Wildman–Crippen MR) is 87.7 cm³/mol.